The molecule has 2 nitrogen and oxygen atoms in total. The fraction of sp³-hybridized carbons (Fsp3) is 0.192. The van der Waals surface area contributed by atoms with Gasteiger partial charge in [0.15, 0.2) is 0 Å². The molecule has 0 aromatic heterocycles. The highest BCUT2D eigenvalue weighted by Gasteiger charge is 2.14. The van der Waals surface area contributed by atoms with Gasteiger partial charge in [-0.2, -0.15) is 0 Å². The second kappa shape index (κ2) is 8.71. The predicted octanol–water partition coefficient (Wildman–Crippen LogP) is 6.76. The zero-order valence-electron chi connectivity index (χ0n) is 16.9. The minimum Gasteiger partial charge on any atom is -0.398 e. The summed E-state index contributed by atoms with van der Waals surface area (Å²) in [5.74, 6) is 0.502. The Bertz CT molecular complexity index is 981. The molecular weight excluding hydrogens is 340 g/mol. The van der Waals surface area contributed by atoms with Crippen LogP contribution in [-0.2, 0) is 0 Å². The minimum atomic E-state index is 0.502. The zero-order valence-corrected chi connectivity index (χ0v) is 16.9. The molecule has 0 unspecified atom stereocenters. The van der Waals surface area contributed by atoms with Crippen LogP contribution in [0.5, 0.6) is 0 Å². The molecular formula is C26H28N2. The van der Waals surface area contributed by atoms with E-state index in [-0.39, 0.29) is 0 Å². The van der Waals surface area contributed by atoms with Gasteiger partial charge in [0.2, 0.25) is 0 Å². The van der Waals surface area contributed by atoms with Crippen LogP contribution in [0.2, 0.25) is 0 Å². The second-order valence-electron chi connectivity index (χ2n) is 7.34. The number of nitrogen functional groups attached to an aromatic ring is 1. The topological polar surface area (TPSA) is 49.9 Å². The van der Waals surface area contributed by atoms with Gasteiger partial charge in [0.05, 0.1) is 0 Å². The molecule has 0 saturated heterocycles. The van der Waals surface area contributed by atoms with E-state index in [2.05, 4.69) is 75.4 Å². The van der Waals surface area contributed by atoms with E-state index in [9.17, 15) is 0 Å². The second-order valence-corrected chi connectivity index (χ2v) is 7.34. The van der Waals surface area contributed by atoms with Gasteiger partial charge < -0.3 is 11.1 Å². The van der Waals surface area contributed by atoms with Crippen LogP contribution in [0.1, 0.15) is 60.9 Å². The molecule has 0 fully saturated rings. The van der Waals surface area contributed by atoms with E-state index in [4.69, 9.17) is 11.1 Å². The molecule has 3 aromatic carbocycles. The summed E-state index contributed by atoms with van der Waals surface area (Å²) in [6, 6.07) is 25.4. The molecule has 0 aliphatic heterocycles. The van der Waals surface area contributed by atoms with Crippen LogP contribution in [0.15, 0.2) is 72.8 Å². The molecule has 142 valence electrons. The average Bonchev–Trinajstić information content (AvgIpc) is 2.73. The fourth-order valence-electron chi connectivity index (χ4n) is 3.57. The number of benzene rings is 3. The summed E-state index contributed by atoms with van der Waals surface area (Å²) in [7, 11) is 0. The third kappa shape index (κ3) is 4.07. The number of hydrogen-bond acceptors (Lipinski definition) is 2. The maximum absolute atomic E-state index is 7.70. The molecule has 2 heteroatoms. The van der Waals surface area contributed by atoms with Crippen molar-refractivity contribution < 1.29 is 0 Å². The summed E-state index contributed by atoms with van der Waals surface area (Å²) in [6.45, 7) is 6.62. The first-order valence-corrected chi connectivity index (χ1v) is 9.84. The maximum Gasteiger partial charge on any atom is 0.0403 e. The molecule has 0 spiro atoms. The van der Waals surface area contributed by atoms with Gasteiger partial charge in [-0.1, -0.05) is 81.4 Å². The summed E-state index contributed by atoms with van der Waals surface area (Å²) >= 11 is 0. The monoisotopic (exact) mass is 368 g/mol. The minimum absolute atomic E-state index is 0.502. The Morgan fingerprint density at radius 2 is 1.54 bits per heavy atom. The number of nitrogens with two attached hydrogens (primary N) is 1. The highest BCUT2D eigenvalue weighted by atomic mass is 14.6. The lowest BCUT2D eigenvalue weighted by molar-refractivity contribution is 0.866. The number of anilines is 1. The van der Waals surface area contributed by atoms with Crippen molar-refractivity contribution in [3.8, 4) is 0 Å². The molecule has 0 aliphatic carbocycles. The van der Waals surface area contributed by atoms with Crippen molar-refractivity contribution in [3.63, 3.8) is 0 Å². The van der Waals surface area contributed by atoms with Gasteiger partial charge in [-0.15, -0.1) is 0 Å². The molecule has 0 saturated carbocycles. The van der Waals surface area contributed by atoms with Gasteiger partial charge >= 0.3 is 0 Å². The van der Waals surface area contributed by atoms with Crippen molar-refractivity contribution in [2.24, 2.45) is 0 Å². The first-order valence-electron chi connectivity index (χ1n) is 9.84. The number of allylic oxidation sites excluding steroid dienone is 1. The Balaban J connectivity index is 2.27. The standard InChI is InChI=1S/C26H28N2/c1-4-24(20-8-6-5-7-9-20)26(21-12-10-19(11-13-21)18(2)3)22-14-15-25(28)23(16-22)17-27/h5-18,27H,4,28H2,1-3H3/b26-24+,27-17?. The lowest BCUT2D eigenvalue weighted by Gasteiger charge is -2.18. The van der Waals surface area contributed by atoms with Crippen molar-refractivity contribution in [3.05, 3.63) is 101 Å². The van der Waals surface area contributed by atoms with Crippen LogP contribution in [-0.4, -0.2) is 6.21 Å². The molecule has 3 aromatic rings. The summed E-state index contributed by atoms with van der Waals surface area (Å²) in [4.78, 5) is 0. The van der Waals surface area contributed by atoms with E-state index in [0.717, 1.165) is 17.5 Å². The highest BCUT2D eigenvalue weighted by Crippen LogP contribution is 2.35. The fourth-order valence-corrected chi connectivity index (χ4v) is 3.57. The summed E-state index contributed by atoms with van der Waals surface area (Å²) < 4.78 is 0. The van der Waals surface area contributed by atoms with Crippen molar-refractivity contribution in [2.45, 2.75) is 33.1 Å². The Morgan fingerprint density at radius 3 is 2.11 bits per heavy atom. The van der Waals surface area contributed by atoms with Crippen LogP contribution in [0.25, 0.3) is 11.1 Å². The molecule has 0 bridgehead atoms. The number of hydrogen-bond donors (Lipinski definition) is 2. The van der Waals surface area contributed by atoms with Gasteiger partial charge in [0.25, 0.3) is 0 Å². The molecule has 28 heavy (non-hydrogen) atoms. The van der Waals surface area contributed by atoms with Gasteiger partial charge in [0.1, 0.15) is 0 Å². The predicted molar refractivity (Wildman–Crippen MR) is 122 cm³/mol. The molecule has 0 amide bonds. The third-order valence-corrected chi connectivity index (χ3v) is 5.17. The highest BCUT2D eigenvalue weighted by molar-refractivity contribution is 6.00. The van der Waals surface area contributed by atoms with E-state index in [1.807, 2.05) is 18.2 Å². The molecule has 0 heterocycles. The van der Waals surface area contributed by atoms with E-state index in [0.29, 0.717) is 11.6 Å². The summed E-state index contributed by atoms with van der Waals surface area (Å²) in [5.41, 5.74) is 14.7. The molecule has 3 rings (SSSR count). The Hall–Kier alpha value is -3.13. The summed E-state index contributed by atoms with van der Waals surface area (Å²) in [5, 5.41) is 7.70. The molecule has 0 aliphatic rings. The Morgan fingerprint density at radius 1 is 0.893 bits per heavy atom. The lowest BCUT2D eigenvalue weighted by atomic mass is 9.86. The molecule has 0 atom stereocenters. The summed E-state index contributed by atoms with van der Waals surface area (Å²) in [6.07, 6.45) is 2.24. The number of rotatable bonds is 6. The third-order valence-electron chi connectivity index (χ3n) is 5.17. The van der Waals surface area contributed by atoms with Crippen molar-refractivity contribution >= 4 is 23.0 Å². The van der Waals surface area contributed by atoms with Crippen LogP contribution in [0.3, 0.4) is 0 Å². The smallest absolute Gasteiger partial charge is 0.0403 e. The quantitative estimate of drug-likeness (QED) is 0.282. The van der Waals surface area contributed by atoms with Crippen LogP contribution in [0.4, 0.5) is 5.69 Å². The maximum atomic E-state index is 7.70. The lowest BCUT2D eigenvalue weighted by Crippen LogP contribution is -1.99. The normalized spacial score (nSPS) is 12.0. The average molecular weight is 369 g/mol. The van der Waals surface area contributed by atoms with Gasteiger partial charge in [-0.3, -0.25) is 0 Å². The first kappa shape index (κ1) is 19.6. The molecule has 3 N–H and O–H groups in total. The molecule has 0 radical (unpaired) electrons. The van der Waals surface area contributed by atoms with Crippen molar-refractivity contribution in [2.75, 3.05) is 5.73 Å². The van der Waals surface area contributed by atoms with Gasteiger partial charge in [-0.25, -0.2) is 0 Å². The van der Waals surface area contributed by atoms with Crippen LogP contribution < -0.4 is 5.73 Å². The SMILES string of the molecule is CC/C(=C(/c1ccc(C(C)C)cc1)c1ccc(N)c(C=N)c1)c1ccccc1. The number of nitrogens with one attached hydrogen (secondary N) is 1. The van der Waals surface area contributed by atoms with Crippen LogP contribution in [0, 0.1) is 5.41 Å². The Labute approximate surface area is 168 Å². The van der Waals surface area contributed by atoms with Crippen LogP contribution >= 0.6 is 0 Å². The Kier molecular flexibility index (Phi) is 6.10. The van der Waals surface area contributed by atoms with E-state index in [1.54, 1.807) is 0 Å². The van der Waals surface area contributed by atoms with Crippen molar-refractivity contribution in [1.29, 1.82) is 5.41 Å². The van der Waals surface area contributed by atoms with Crippen molar-refractivity contribution in [1.82, 2.24) is 0 Å². The van der Waals surface area contributed by atoms with Gasteiger partial charge in [0, 0.05) is 17.5 Å². The first-order chi connectivity index (χ1) is 13.5. The van der Waals surface area contributed by atoms with E-state index < -0.39 is 0 Å². The van der Waals surface area contributed by atoms with E-state index in [1.165, 1.54) is 34.1 Å². The largest absolute Gasteiger partial charge is 0.398 e. The van der Waals surface area contributed by atoms with Gasteiger partial charge in [-0.05, 0) is 57.9 Å². The zero-order chi connectivity index (χ0) is 20.1. The van der Waals surface area contributed by atoms with E-state index >= 15 is 0 Å².